The molecule has 2 aromatic heterocycles. The molecule has 0 fully saturated rings. The average molecular weight is 719 g/mol. The second kappa shape index (κ2) is 14.3. The molecule has 8 aromatic carbocycles. The zero-order chi connectivity index (χ0) is 37.3. The van der Waals surface area contributed by atoms with E-state index in [0.29, 0.717) is 17.5 Å². The van der Waals surface area contributed by atoms with E-state index in [9.17, 15) is 0 Å². The monoisotopic (exact) mass is 718 g/mol. The Morgan fingerprint density at radius 2 is 0.821 bits per heavy atom. The first-order chi connectivity index (χ1) is 27.8. The normalized spacial score (nSPS) is 11.2. The molecule has 5 nitrogen and oxygen atoms in total. The van der Waals surface area contributed by atoms with Crippen LogP contribution in [0.5, 0.6) is 0 Å². The SMILES string of the molecule is c1ccc(-c2ccc(N(c3ccccc3-c3ccccc3)c3cccc4oc5cc(-c6nc(-c7ccccc7)nc(-c7ccccc7)n6)ccc5c34)cc2)cc1. The number of fused-ring (bicyclic) bond motifs is 3. The lowest BCUT2D eigenvalue weighted by molar-refractivity contribution is 0.669. The molecule has 10 aromatic rings. The zero-order valence-electron chi connectivity index (χ0n) is 30.3. The van der Waals surface area contributed by atoms with Crippen molar-refractivity contribution >= 4 is 39.0 Å². The van der Waals surface area contributed by atoms with E-state index in [1.807, 2.05) is 72.8 Å². The fourth-order valence-electron chi connectivity index (χ4n) is 7.44. The van der Waals surface area contributed by atoms with Gasteiger partial charge in [0, 0.05) is 33.3 Å². The van der Waals surface area contributed by atoms with Crippen molar-refractivity contribution in [3.63, 3.8) is 0 Å². The Morgan fingerprint density at radius 3 is 1.45 bits per heavy atom. The van der Waals surface area contributed by atoms with Crippen molar-refractivity contribution in [2.75, 3.05) is 4.90 Å². The van der Waals surface area contributed by atoms with Gasteiger partial charge in [-0.05, 0) is 59.2 Å². The largest absolute Gasteiger partial charge is 0.456 e. The summed E-state index contributed by atoms with van der Waals surface area (Å²) >= 11 is 0. The topological polar surface area (TPSA) is 55.1 Å². The molecule has 0 aliphatic rings. The van der Waals surface area contributed by atoms with Gasteiger partial charge in [-0.1, -0.05) is 164 Å². The minimum Gasteiger partial charge on any atom is -0.456 e. The van der Waals surface area contributed by atoms with Gasteiger partial charge < -0.3 is 9.32 Å². The second-order valence-corrected chi connectivity index (χ2v) is 13.6. The fraction of sp³-hybridized carbons (Fsp3) is 0. The molecule has 0 spiro atoms. The van der Waals surface area contributed by atoms with Crippen molar-refractivity contribution in [3.05, 3.63) is 206 Å². The number of rotatable bonds is 8. The van der Waals surface area contributed by atoms with Crippen LogP contribution in [0.4, 0.5) is 17.1 Å². The molecule has 0 saturated heterocycles. The molecule has 0 amide bonds. The molecule has 0 bridgehead atoms. The lowest BCUT2D eigenvalue weighted by Crippen LogP contribution is -2.11. The van der Waals surface area contributed by atoms with E-state index >= 15 is 0 Å². The van der Waals surface area contributed by atoms with E-state index in [1.54, 1.807) is 0 Å². The number of nitrogens with zero attached hydrogens (tertiary/aromatic N) is 4. The average Bonchev–Trinajstić information content (AvgIpc) is 3.67. The van der Waals surface area contributed by atoms with Crippen LogP contribution in [0.15, 0.2) is 211 Å². The van der Waals surface area contributed by atoms with Crippen LogP contribution in [0, 0.1) is 0 Å². The number of benzene rings is 8. The number of hydrogen-bond donors (Lipinski definition) is 0. The van der Waals surface area contributed by atoms with E-state index in [4.69, 9.17) is 19.4 Å². The quantitative estimate of drug-likeness (QED) is 0.157. The molecular weight excluding hydrogens is 685 g/mol. The minimum atomic E-state index is 0.581. The van der Waals surface area contributed by atoms with Crippen LogP contribution in [0.25, 0.3) is 78.4 Å². The van der Waals surface area contributed by atoms with Crippen LogP contribution in [0.3, 0.4) is 0 Å². The van der Waals surface area contributed by atoms with Gasteiger partial charge in [0.05, 0.1) is 16.8 Å². The predicted octanol–water partition coefficient (Wildman–Crippen LogP) is 13.6. The van der Waals surface area contributed by atoms with E-state index < -0.39 is 0 Å². The van der Waals surface area contributed by atoms with Crippen LogP contribution in [0.2, 0.25) is 0 Å². The standard InChI is InChI=1S/C51H34N4O/c1-5-16-35(17-6-1)36-28-31-41(32-29-36)55(44-25-14-13-24-42(44)37-18-7-2-8-19-37)45-26-15-27-46-48(45)43-33-30-40(34-47(43)56-46)51-53-49(38-20-9-3-10-21-38)52-50(54-51)39-22-11-4-12-23-39/h1-34H. The first-order valence-electron chi connectivity index (χ1n) is 18.7. The first-order valence-corrected chi connectivity index (χ1v) is 18.7. The van der Waals surface area contributed by atoms with E-state index in [2.05, 4.69) is 138 Å². The molecule has 2 heterocycles. The maximum Gasteiger partial charge on any atom is 0.164 e. The highest BCUT2D eigenvalue weighted by Gasteiger charge is 2.23. The molecule has 56 heavy (non-hydrogen) atoms. The molecular formula is C51H34N4O. The predicted molar refractivity (Wildman–Crippen MR) is 229 cm³/mol. The summed E-state index contributed by atoms with van der Waals surface area (Å²) in [5.74, 6) is 1.82. The third-order valence-electron chi connectivity index (χ3n) is 10.1. The van der Waals surface area contributed by atoms with Crippen molar-refractivity contribution in [2.45, 2.75) is 0 Å². The van der Waals surface area contributed by atoms with Gasteiger partial charge in [0.25, 0.3) is 0 Å². The van der Waals surface area contributed by atoms with Gasteiger partial charge >= 0.3 is 0 Å². The van der Waals surface area contributed by atoms with Gasteiger partial charge in [0.2, 0.25) is 0 Å². The Hall–Kier alpha value is -7.63. The van der Waals surface area contributed by atoms with Gasteiger partial charge in [-0.2, -0.15) is 0 Å². The van der Waals surface area contributed by atoms with Crippen molar-refractivity contribution < 1.29 is 4.42 Å². The fourth-order valence-corrected chi connectivity index (χ4v) is 7.44. The summed E-state index contributed by atoms with van der Waals surface area (Å²) in [6.07, 6.45) is 0. The smallest absolute Gasteiger partial charge is 0.164 e. The number of aromatic nitrogens is 3. The summed E-state index contributed by atoms with van der Waals surface area (Å²) in [7, 11) is 0. The van der Waals surface area contributed by atoms with Crippen LogP contribution < -0.4 is 4.90 Å². The number of furan rings is 1. The summed E-state index contributed by atoms with van der Waals surface area (Å²) in [6, 6.07) is 71.1. The first kappa shape index (κ1) is 33.0. The highest BCUT2D eigenvalue weighted by molar-refractivity contribution is 6.14. The number of anilines is 3. The van der Waals surface area contributed by atoms with Gasteiger partial charge in [-0.15, -0.1) is 0 Å². The van der Waals surface area contributed by atoms with Crippen LogP contribution in [0.1, 0.15) is 0 Å². The summed E-state index contributed by atoms with van der Waals surface area (Å²) in [4.78, 5) is 17.2. The highest BCUT2D eigenvalue weighted by atomic mass is 16.3. The van der Waals surface area contributed by atoms with Crippen molar-refractivity contribution in [1.82, 2.24) is 15.0 Å². The maximum absolute atomic E-state index is 6.70. The van der Waals surface area contributed by atoms with Gasteiger partial charge in [-0.25, -0.2) is 15.0 Å². The third-order valence-corrected chi connectivity index (χ3v) is 10.1. The Labute approximate surface area is 324 Å². The lowest BCUT2D eigenvalue weighted by Gasteiger charge is -2.28. The second-order valence-electron chi connectivity index (χ2n) is 13.6. The molecule has 0 aliphatic carbocycles. The Bertz CT molecular complexity index is 2890. The molecule has 0 aliphatic heterocycles. The van der Waals surface area contributed by atoms with Crippen molar-refractivity contribution in [1.29, 1.82) is 0 Å². The molecule has 5 heteroatoms. The Morgan fingerprint density at radius 1 is 0.339 bits per heavy atom. The molecule has 0 radical (unpaired) electrons. The zero-order valence-corrected chi connectivity index (χ0v) is 30.3. The van der Waals surface area contributed by atoms with Gasteiger partial charge in [-0.3, -0.25) is 0 Å². The Balaban J connectivity index is 1.14. The summed E-state index contributed by atoms with van der Waals surface area (Å²) < 4.78 is 6.70. The van der Waals surface area contributed by atoms with Crippen LogP contribution >= 0.6 is 0 Å². The number of para-hydroxylation sites is 1. The van der Waals surface area contributed by atoms with Crippen LogP contribution in [-0.4, -0.2) is 15.0 Å². The minimum absolute atomic E-state index is 0.581. The highest BCUT2D eigenvalue weighted by Crippen LogP contribution is 2.46. The third kappa shape index (κ3) is 6.17. The molecule has 0 unspecified atom stereocenters. The van der Waals surface area contributed by atoms with Crippen molar-refractivity contribution in [2.24, 2.45) is 0 Å². The van der Waals surface area contributed by atoms with E-state index in [1.165, 1.54) is 5.56 Å². The molecule has 264 valence electrons. The molecule has 10 rings (SSSR count). The summed E-state index contributed by atoms with van der Waals surface area (Å²) in [6.45, 7) is 0. The molecule has 0 saturated carbocycles. The Kier molecular flexibility index (Phi) is 8.43. The number of hydrogen-bond acceptors (Lipinski definition) is 5. The maximum atomic E-state index is 6.70. The summed E-state index contributed by atoms with van der Waals surface area (Å²) in [5, 5.41) is 2.03. The van der Waals surface area contributed by atoms with Crippen LogP contribution in [-0.2, 0) is 0 Å². The molecule has 0 N–H and O–H groups in total. The van der Waals surface area contributed by atoms with Gasteiger partial charge in [0.1, 0.15) is 11.2 Å². The summed E-state index contributed by atoms with van der Waals surface area (Å²) in [5.41, 5.74) is 12.0. The van der Waals surface area contributed by atoms with E-state index in [0.717, 1.165) is 72.4 Å². The molecule has 0 atom stereocenters. The van der Waals surface area contributed by atoms with E-state index in [-0.39, 0.29) is 0 Å². The van der Waals surface area contributed by atoms with Gasteiger partial charge in [0.15, 0.2) is 17.5 Å². The lowest BCUT2D eigenvalue weighted by atomic mass is 10.00. The van der Waals surface area contributed by atoms with Crippen molar-refractivity contribution in [3.8, 4) is 56.4 Å².